The Labute approximate surface area is 127 Å². The molecule has 1 saturated carbocycles. The standard InChI is InChI=1S/C17H27NO3/c1-3-5-6-11(4-2)10-18-16(19)14-12-7-8-13(9-12)15(14)17(20)21/h7-8,11-15H,3-6,9-10H2,1-2H3,(H,18,19)(H,20,21)/t11?,12?,13?,14-,15+/m0/s1. The summed E-state index contributed by atoms with van der Waals surface area (Å²) in [6.07, 6.45) is 9.37. The zero-order chi connectivity index (χ0) is 15.4. The van der Waals surface area contributed by atoms with Crippen molar-refractivity contribution in [2.24, 2.45) is 29.6 Å². The van der Waals surface area contributed by atoms with Crippen molar-refractivity contribution in [1.82, 2.24) is 5.32 Å². The van der Waals surface area contributed by atoms with Gasteiger partial charge in [-0.05, 0) is 30.6 Å². The molecular formula is C17H27NO3. The van der Waals surface area contributed by atoms with Crippen molar-refractivity contribution in [2.75, 3.05) is 6.54 Å². The van der Waals surface area contributed by atoms with Gasteiger partial charge in [-0.25, -0.2) is 0 Å². The largest absolute Gasteiger partial charge is 0.481 e. The molecule has 21 heavy (non-hydrogen) atoms. The molecule has 0 spiro atoms. The number of nitrogens with one attached hydrogen (secondary N) is 1. The molecule has 0 aromatic rings. The zero-order valence-corrected chi connectivity index (χ0v) is 13.0. The minimum Gasteiger partial charge on any atom is -0.481 e. The van der Waals surface area contributed by atoms with Gasteiger partial charge in [-0.1, -0.05) is 45.3 Å². The fraction of sp³-hybridized carbons (Fsp3) is 0.765. The Morgan fingerprint density at radius 2 is 1.90 bits per heavy atom. The molecule has 3 unspecified atom stereocenters. The number of rotatable bonds is 8. The van der Waals surface area contributed by atoms with Gasteiger partial charge in [-0.2, -0.15) is 0 Å². The maximum Gasteiger partial charge on any atom is 0.307 e. The molecule has 5 atom stereocenters. The second-order valence-corrected chi connectivity index (χ2v) is 6.50. The summed E-state index contributed by atoms with van der Waals surface area (Å²) >= 11 is 0. The monoisotopic (exact) mass is 293 g/mol. The SMILES string of the molecule is CCCCC(CC)CNC(=O)[C@H]1C2C=CC(C2)[C@H]1C(=O)O. The normalized spacial score (nSPS) is 31.3. The number of hydrogen-bond acceptors (Lipinski definition) is 2. The third kappa shape index (κ3) is 3.47. The van der Waals surface area contributed by atoms with Crippen molar-refractivity contribution in [3.63, 3.8) is 0 Å². The van der Waals surface area contributed by atoms with Crippen molar-refractivity contribution < 1.29 is 14.7 Å². The smallest absolute Gasteiger partial charge is 0.307 e. The van der Waals surface area contributed by atoms with Gasteiger partial charge < -0.3 is 10.4 Å². The second kappa shape index (κ2) is 7.10. The predicted octanol–water partition coefficient (Wildman–Crippen LogP) is 2.84. The Morgan fingerprint density at radius 1 is 1.24 bits per heavy atom. The summed E-state index contributed by atoms with van der Waals surface area (Å²) < 4.78 is 0. The van der Waals surface area contributed by atoms with E-state index in [1.807, 2.05) is 12.2 Å². The van der Waals surface area contributed by atoms with Gasteiger partial charge in [-0.15, -0.1) is 0 Å². The van der Waals surface area contributed by atoms with Crippen LogP contribution in [0.2, 0.25) is 0 Å². The average molecular weight is 293 g/mol. The Morgan fingerprint density at radius 3 is 2.48 bits per heavy atom. The van der Waals surface area contributed by atoms with Crippen LogP contribution in [0.1, 0.15) is 46.0 Å². The first-order valence-electron chi connectivity index (χ1n) is 8.27. The van der Waals surface area contributed by atoms with Crippen LogP contribution in [-0.2, 0) is 9.59 Å². The molecule has 0 radical (unpaired) electrons. The van der Waals surface area contributed by atoms with E-state index in [0.717, 1.165) is 19.3 Å². The van der Waals surface area contributed by atoms with E-state index in [4.69, 9.17) is 0 Å². The highest BCUT2D eigenvalue weighted by atomic mass is 16.4. The third-order valence-electron chi connectivity index (χ3n) is 5.16. The summed E-state index contributed by atoms with van der Waals surface area (Å²) in [6, 6.07) is 0. The molecule has 118 valence electrons. The number of amides is 1. The van der Waals surface area contributed by atoms with E-state index in [-0.39, 0.29) is 23.7 Å². The molecule has 4 nitrogen and oxygen atoms in total. The molecule has 2 aliphatic carbocycles. The zero-order valence-electron chi connectivity index (χ0n) is 13.0. The number of aliphatic carboxylic acids is 1. The van der Waals surface area contributed by atoms with Crippen LogP contribution in [0, 0.1) is 29.6 Å². The lowest BCUT2D eigenvalue weighted by Gasteiger charge is -2.25. The number of allylic oxidation sites excluding steroid dienone is 2. The topological polar surface area (TPSA) is 66.4 Å². The summed E-state index contributed by atoms with van der Waals surface area (Å²) in [5.74, 6) is -1.13. The molecule has 2 N–H and O–H groups in total. The van der Waals surface area contributed by atoms with Gasteiger partial charge >= 0.3 is 5.97 Å². The highest BCUT2D eigenvalue weighted by Gasteiger charge is 2.51. The van der Waals surface area contributed by atoms with E-state index in [1.54, 1.807) is 0 Å². The van der Waals surface area contributed by atoms with E-state index in [2.05, 4.69) is 19.2 Å². The quantitative estimate of drug-likeness (QED) is 0.676. The molecule has 0 aromatic heterocycles. The van der Waals surface area contributed by atoms with Gasteiger partial charge in [-0.3, -0.25) is 9.59 Å². The molecule has 2 aliphatic rings. The van der Waals surface area contributed by atoms with Gasteiger partial charge in [0.05, 0.1) is 11.8 Å². The molecule has 0 aliphatic heterocycles. The van der Waals surface area contributed by atoms with E-state index in [9.17, 15) is 14.7 Å². The fourth-order valence-electron chi connectivity index (χ4n) is 3.82. The van der Waals surface area contributed by atoms with E-state index < -0.39 is 11.9 Å². The fourth-order valence-corrected chi connectivity index (χ4v) is 3.82. The highest BCUT2D eigenvalue weighted by molar-refractivity contribution is 5.86. The third-order valence-corrected chi connectivity index (χ3v) is 5.16. The van der Waals surface area contributed by atoms with Crippen molar-refractivity contribution in [1.29, 1.82) is 0 Å². The average Bonchev–Trinajstić information content (AvgIpc) is 3.07. The summed E-state index contributed by atoms with van der Waals surface area (Å²) in [5, 5.41) is 12.4. The number of hydrogen-bond donors (Lipinski definition) is 2. The van der Waals surface area contributed by atoms with Crippen LogP contribution in [-0.4, -0.2) is 23.5 Å². The Balaban J connectivity index is 1.90. The molecule has 2 rings (SSSR count). The highest BCUT2D eigenvalue weighted by Crippen LogP contribution is 2.48. The van der Waals surface area contributed by atoms with Crippen LogP contribution >= 0.6 is 0 Å². The molecule has 0 aromatic carbocycles. The minimum atomic E-state index is -0.829. The molecule has 1 fully saturated rings. The van der Waals surface area contributed by atoms with E-state index in [0.29, 0.717) is 12.5 Å². The lowest BCUT2D eigenvalue weighted by Crippen LogP contribution is -2.41. The number of carboxylic acid groups (broad SMARTS) is 1. The Hall–Kier alpha value is -1.32. The van der Waals surface area contributed by atoms with E-state index >= 15 is 0 Å². The maximum atomic E-state index is 12.4. The first-order chi connectivity index (χ1) is 10.1. The number of carbonyl (C=O) groups excluding carboxylic acids is 1. The molecule has 1 amide bonds. The number of carbonyl (C=O) groups is 2. The molecule has 2 bridgehead atoms. The van der Waals surface area contributed by atoms with Crippen molar-refractivity contribution in [3.8, 4) is 0 Å². The first-order valence-corrected chi connectivity index (χ1v) is 8.27. The number of fused-ring (bicyclic) bond motifs is 2. The van der Waals surface area contributed by atoms with Crippen molar-refractivity contribution in [3.05, 3.63) is 12.2 Å². The van der Waals surface area contributed by atoms with Gasteiger partial charge in [0.1, 0.15) is 0 Å². The Bertz CT molecular complexity index is 418. The van der Waals surface area contributed by atoms with Crippen LogP contribution in [0.25, 0.3) is 0 Å². The minimum absolute atomic E-state index is 0.0466. The van der Waals surface area contributed by atoms with Gasteiger partial charge in [0.15, 0.2) is 0 Å². The molecule has 4 heteroatoms. The van der Waals surface area contributed by atoms with E-state index in [1.165, 1.54) is 12.8 Å². The van der Waals surface area contributed by atoms with Crippen LogP contribution in [0.4, 0.5) is 0 Å². The summed E-state index contributed by atoms with van der Waals surface area (Å²) in [7, 11) is 0. The maximum absolute atomic E-state index is 12.4. The molecule has 0 heterocycles. The van der Waals surface area contributed by atoms with Gasteiger partial charge in [0, 0.05) is 6.54 Å². The van der Waals surface area contributed by atoms with Crippen molar-refractivity contribution >= 4 is 11.9 Å². The molecule has 0 saturated heterocycles. The summed E-state index contributed by atoms with van der Waals surface area (Å²) in [5.41, 5.74) is 0. The number of carboxylic acids is 1. The Kier molecular flexibility index (Phi) is 5.43. The predicted molar refractivity (Wildman–Crippen MR) is 81.7 cm³/mol. The van der Waals surface area contributed by atoms with Gasteiger partial charge in [0.25, 0.3) is 0 Å². The van der Waals surface area contributed by atoms with Crippen molar-refractivity contribution in [2.45, 2.75) is 46.0 Å². The summed E-state index contributed by atoms with van der Waals surface area (Å²) in [6.45, 7) is 5.00. The lowest BCUT2D eigenvalue weighted by atomic mass is 9.82. The first kappa shape index (κ1) is 16.1. The van der Waals surface area contributed by atoms with Crippen LogP contribution in [0.5, 0.6) is 0 Å². The van der Waals surface area contributed by atoms with Gasteiger partial charge in [0.2, 0.25) is 5.91 Å². The lowest BCUT2D eigenvalue weighted by molar-refractivity contribution is -0.147. The van der Waals surface area contributed by atoms with Crippen LogP contribution in [0.15, 0.2) is 12.2 Å². The number of unbranched alkanes of at least 4 members (excludes halogenated alkanes) is 1. The molecular weight excluding hydrogens is 266 g/mol. The summed E-state index contributed by atoms with van der Waals surface area (Å²) in [4.78, 5) is 23.9. The van der Waals surface area contributed by atoms with Crippen LogP contribution < -0.4 is 5.32 Å². The second-order valence-electron chi connectivity index (χ2n) is 6.50. The van der Waals surface area contributed by atoms with Crippen LogP contribution in [0.3, 0.4) is 0 Å².